The molecular weight excluding hydrogens is 492 g/mol. The molecule has 162 valence electrons. The van der Waals surface area contributed by atoms with E-state index in [-0.39, 0.29) is 13.2 Å². The minimum Gasteiger partial charge on any atom is -0.465 e. The average molecular weight is 511 g/mol. The second kappa shape index (κ2) is 9.93. The van der Waals surface area contributed by atoms with Crippen LogP contribution in [0.25, 0.3) is 10.2 Å². The molecule has 0 spiro atoms. The highest BCUT2D eigenvalue weighted by atomic mass is 79.9. The summed E-state index contributed by atoms with van der Waals surface area (Å²) in [5.74, 6) is 0.182. The van der Waals surface area contributed by atoms with E-state index in [0.29, 0.717) is 21.9 Å². The number of halogens is 1. The van der Waals surface area contributed by atoms with Gasteiger partial charge in [-0.05, 0) is 49.4 Å². The molecular formula is C24H19BrN2O4S. The maximum Gasteiger partial charge on any atom is 0.326 e. The number of fused-ring (bicyclic) bond motifs is 1. The summed E-state index contributed by atoms with van der Waals surface area (Å²) in [4.78, 5) is 30.1. The third-order valence-corrected chi connectivity index (χ3v) is 6.06. The second-order valence-corrected chi connectivity index (χ2v) is 8.64. The number of benzene rings is 3. The van der Waals surface area contributed by atoms with Crippen LogP contribution in [0.1, 0.15) is 17.3 Å². The Morgan fingerprint density at radius 3 is 2.56 bits per heavy atom. The monoisotopic (exact) mass is 510 g/mol. The molecule has 3 aromatic carbocycles. The van der Waals surface area contributed by atoms with Gasteiger partial charge in [-0.2, -0.15) is 4.99 Å². The van der Waals surface area contributed by atoms with E-state index in [1.807, 2.05) is 48.5 Å². The molecule has 4 aromatic rings. The van der Waals surface area contributed by atoms with Crippen LogP contribution in [0.3, 0.4) is 0 Å². The molecule has 1 aromatic heterocycles. The highest BCUT2D eigenvalue weighted by Crippen LogP contribution is 2.26. The van der Waals surface area contributed by atoms with Crippen molar-refractivity contribution < 1.29 is 19.1 Å². The zero-order valence-corrected chi connectivity index (χ0v) is 19.6. The summed E-state index contributed by atoms with van der Waals surface area (Å²) in [5.41, 5.74) is 1.13. The van der Waals surface area contributed by atoms with Gasteiger partial charge in [0.2, 0.25) is 0 Å². The number of rotatable bonds is 6. The van der Waals surface area contributed by atoms with Gasteiger partial charge in [-0.1, -0.05) is 57.6 Å². The van der Waals surface area contributed by atoms with E-state index in [1.165, 1.54) is 11.3 Å². The predicted octanol–water partition coefficient (Wildman–Crippen LogP) is 5.56. The minimum atomic E-state index is -0.459. The number of thiazole rings is 1. The summed E-state index contributed by atoms with van der Waals surface area (Å²) in [6.07, 6.45) is 0. The fourth-order valence-electron chi connectivity index (χ4n) is 3.12. The lowest BCUT2D eigenvalue weighted by atomic mass is 10.2. The Kier molecular flexibility index (Phi) is 6.82. The van der Waals surface area contributed by atoms with Gasteiger partial charge in [-0.25, -0.2) is 0 Å². The van der Waals surface area contributed by atoms with Crippen molar-refractivity contribution in [3.63, 3.8) is 0 Å². The van der Waals surface area contributed by atoms with E-state index in [1.54, 1.807) is 35.8 Å². The third kappa shape index (κ3) is 4.98. The molecule has 0 atom stereocenters. The van der Waals surface area contributed by atoms with Gasteiger partial charge >= 0.3 is 5.97 Å². The number of aromatic nitrogens is 1. The first-order chi connectivity index (χ1) is 15.5. The zero-order chi connectivity index (χ0) is 22.5. The third-order valence-electron chi connectivity index (χ3n) is 4.52. The lowest BCUT2D eigenvalue weighted by Crippen LogP contribution is -2.23. The first-order valence-corrected chi connectivity index (χ1v) is 11.5. The van der Waals surface area contributed by atoms with Crippen LogP contribution in [0, 0.1) is 0 Å². The van der Waals surface area contributed by atoms with Gasteiger partial charge in [0.15, 0.2) is 4.80 Å². The van der Waals surface area contributed by atoms with E-state index in [4.69, 9.17) is 9.47 Å². The van der Waals surface area contributed by atoms with Gasteiger partial charge < -0.3 is 14.0 Å². The molecule has 0 aliphatic carbocycles. The van der Waals surface area contributed by atoms with Crippen LogP contribution in [0.4, 0.5) is 0 Å². The maximum atomic E-state index is 13.2. The number of esters is 1. The molecule has 0 radical (unpaired) electrons. The van der Waals surface area contributed by atoms with Crippen LogP contribution in [-0.2, 0) is 16.1 Å². The standard InChI is InChI=1S/C24H19BrN2O4S/c1-2-30-22(28)15-27-19-13-12-16(25)14-21(19)32-24(27)26-23(29)18-10-6-7-11-20(18)31-17-8-4-3-5-9-17/h3-14H,2,15H2,1H3. The summed E-state index contributed by atoms with van der Waals surface area (Å²) < 4.78 is 14.5. The molecule has 1 heterocycles. The Morgan fingerprint density at radius 1 is 1.03 bits per heavy atom. The van der Waals surface area contributed by atoms with E-state index in [9.17, 15) is 9.59 Å². The zero-order valence-electron chi connectivity index (χ0n) is 17.2. The largest absolute Gasteiger partial charge is 0.465 e. The SMILES string of the molecule is CCOC(=O)Cn1c(=NC(=O)c2ccccc2Oc2ccccc2)sc2cc(Br)ccc21. The maximum absolute atomic E-state index is 13.2. The number of hydrogen-bond donors (Lipinski definition) is 0. The van der Waals surface area contributed by atoms with E-state index in [2.05, 4.69) is 20.9 Å². The normalized spacial score (nSPS) is 11.5. The molecule has 0 saturated heterocycles. The summed E-state index contributed by atoms with van der Waals surface area (Å²) >= 11 is 4.79. The molecule has 8 heteroatoms. The first kappa shape index (κ1) is 22.0. The molecule has 0 saturated carbocycles. The van der Waals surface area contributed by atoms with Crippen LogP contribution in [0.5, 0.6) is 11.5 Å². The number of para-hydroxylation sites is 2. The predicted molar refractivity (Wildman–Crippen MR) is 127 cm³/mol. The minimum absolute atomic E-state index is 0.0379. The van der Waals surface area contributed by atoms with Gasteiger partial charge in [0.1, 0.15) is 18.0 Å². The second-order valence-electron chi connectivity index (χ2n) is 6.72. The molecule has 0 N–H and O–H groups in total. The first-order valence-electron chi connectivity index (χ1n) is 9.90. The van der Waals surface area contributed by atoms with Crippen LogP contribution in [0.2, 0.25) is 0 Å². The molecule has 1 amide bonds. The van der Waals surface area contributed by atoms with E-state index >= 15 is 0 Å². The number of amides is 1. The fraction of sp³-hybridized carbons (Fsp3) is 0.125. The highest BCUT2D eigenvalue weighted by Gasteiger charge is 2.16. The Bertz CT molecular complexity index is 1350. The van der Waals surface area contributed by atoms with Gasteiger partial charge in [-0.3, -0.25) is 9.59 Å². The van der Waals surface area contributed by atoms with Crippen molar-refractivity contribution >= 4 is 49.4 Å². The Balaban J connectivity index is 1.76. The van der Waals surface area contributed by atoms with Gasteiger partial charge in [-0.15, -0.1) is 0 Å². The van der Waals surface area contributed by atoms with Crippen LogP contribution in [-0.4, -0.2) is 23.1 Å². The molecule has 0 fully saturated rings. The van der Waals surface area contributed by atoms with E-state index < -0.39 is 11.9 Å². The lowest BCUT2D eigenvalue weighted by Gasteiger charge is -2.09. The quantitative estimate of drug-likeness (QED) is 0.318. The Morgan fingerprint density at radius 2 is 1.78 bits per heavy atom. The topological polar surface area (TPSA) is 69.9 Å². The summed E-state index contributed by atoms with van der Waals surface area (Å²) in [5, 5.41) is 0. The fourth-order valence-corrected chi connectivity index (χ4v) is 4.70. The number of carbonyl (C=O) groups excluding carboxylic acids is 2. The molecule has 0 aliphatic heterocycles. The molecule has 32 heavy (non-hydrogen) atoms. The summed E-state index contributed by atoms with van der Waals surface area (Å²) in [6, 6.07) is 21.9. The van der Waals surface area contributed by atoms with E-state index in [0.717, 1.165) is 14.7 Å². The Labute approximate surface area is 196 Å². The van der Waals surface area contributed by atoms with Crippen LogP contribution in [0.15, 0.2) is 82.3 Å². The molecule has 0 aliphatic rings. The van der Waals surface area contributed by atoms with Crippen molar-refractivity contribution in [1.29, 1.82) is 0 Å². The van der Waals surface area contributed by atoms with Crippen molar-refractivity contribution in [3.8, 4) is 11.5 Å². The summed E-state index contributed by atoms with van der Waals surface area (Å²) in [7, 11) is 0. The smallest absolute Gasteiger partial charge is 0.326 e. The average Bonchev–Trinajstić information content (AvgIpc) is 3.10. The molecule has 0 bridgehead atoms. The van der Waals surface area contributed by atoms with Crippen LogP contribution >= 0.6 is 27.3 Å². The number of carbonyl (C=O) groups is 2. The van der Waals surface area contributed by atoms with Crippen molar-refractivity contribution in [3.05, 3.63) is 87.6 Å². The highest BCUT2D eigenvalue weighted by molar-refractivity contribution is 9.10. The van der Waals surface area contributed by atoms with Crippen molar-refractivity contribution in [2.45, 2.75) is 13.5 Å². The van der Waals surface area contributed by atoms with Crippen molar-refractivity contribution in [2.75, 3.05) is 6.61 Å². The number of hydrogen-bond acceptors (Lipinski definition) is 5. The lowest BCUT2D eigenvalue weighted by molar-refractivity contribution is -0.143. The molecule has 6 nitrogen and oxygen atoms in total. The summed E-state index contributed by atoms with van der Waals surface area (Å²) in [6.45, 7) is 2.00. The van der Waals surface area contributed by atoms with Gasteiger partial charge in [0.25, 0.3) is 5.91 Å². The van der Waals surface area contributed by atoms with Crippen molar-refractivity contribution in [1.82, 2.24) is 4.57 Å². The molecule has 0 unspecified atom stereocenters. The van der Waals surface area contributed by atoms with Gasteiger partial charge in [0, 0.05) is 4.47 Å². The van der Waals surface area contributed by atoms with Crippen molar-refractivity contribution in [2.24, 2.45) is 4.99 Å². The Hall–Kier alpha value is -3.23. The van der Waals surface area contributed by atoms with Gasteiger partial charge in [0.05, 0.1) is 22.4 Å². The van der Waals surface area contributed by atoms with Crippen LogP contribution < -0.4 is 9.54 Å². The number of nitrogens with zero attached hydrogens (tertiary/aromatic N) is 2. The molecule has 4 rings (SSSR count). The number of ether oxygens (including phenoxy) is 2.